The predicted molar refractivity (Wildman–Crippen MR) is 63.7 cm³/mol. The molecule has 0 fully saturated rings. The van der Waals surface area contributed by atoms with Crippen LogP contribution in [0.5, 0.6) is 5.75 Å². The first kappa shape index (κ1) is 11.0. The summed E-state index contributed by atoms with van der Waals surface area (Å²) in [6, 6.07) is 7.68. The van der Waals surface area contributed by atoms with E-state index in [-0.39, 0.29) is 11.3 Å². The Kier molecular flexibility index (Phi) is 2.62. The third kappa shape index (κ3) is 1.90. The molecule has 1 aliphatic heterocycles. The van der Waals surface area contributed by atoms with Crippen LogP contribution in [0.4, 0.5) is 5.69 Å². The zero-order valence-corrected chi connectivity index (χ0v) is 9.99. The first-order valence-corrected chi connectivity index (χ1v) is 5.54. The fourth-order valence-corrected chi connectivity index (χ4v) is 1.79. The molecule has 1 aromatic carbocycles. The quantitative estimate of drug-likeness (QED) is 0.670. The van der Waals surface area contributed by atoms with Gasteiger partial charge in [-0.1, -0.05) is 32.9 Å². The highest BCUT2D eigenvalue weighted by atomic mass is 16.5. The highest BCUT2D eigenvalue weighted by molar-refractivity contribution is 5.98. The topological polar surface area (TPSA) is 29.5 Å². The van der Waals surface area contributed by atoms with Gasteiger partial charge >= 0.3 is 0 Å². The van der Waals surface area contributed by atoms with Crippen LogP contribution in [-0.4, -0.2) is 19.1 Å². The second kappa shape index (κ2) is 3.81. The molecule has 16 heavy (non-hydrogen) atoms. The van der Waals surface area contributed by atoms with Crippen LogP contribution in [0.3, 0.4) is 0 Å². The summed E-state index contributed by atoms with van der Waals surface area (Å²) in [4.78, 5) is 14.1. The fourth-order valence-electron chi connectivity index (χ4n) is 1.79. The Morgan fingerprint density at radius 1 is 1.31 bits per heavy atom. The van der Waals surface area contributed by atoms with Gasteiger partial charge in [-0.3, -0.25) is 4.79 Å². The number of rotatable bonds is 0. The van der Waals surface area contributed by atoms with Gasteiger partial charge in [0.05, 0.1) is 12.2 Å². The first-order valence-electron chi connectivity index (χ1n) is 5.54. The number of hydrogen-bond acceptors (Lipinski definition) is 2. The lowest BCUT2D eigenvalue weighted by Crippen LogP contribution is -2.44. The summed E-state index contributed by atoms with van der Waals surface area (Å²) < 4.78 is 5.52. The molecule has 0 N–H and O–H groups in total. The van der Waals surface area contributed by atoms with E-state index in [1.165, 1.54) is 0 Å². The summed E-state index contributed by atoms with van der Waals surface area (Å²) in [6.45, 7) is 7.01. The van der Waals surface area contributed by atoms with Gasteiger partial charge < -0.3 is 9.64 Å². The van der Waals surface area contributed by atoms with Gasteiger partial charge in [-0.15, -0.1) is 0 Å². The van der Waals surface area contributed by atoms with Crippen molar-refractivity contribution in [3.05, 3.63) is 24.3 Å². The van der Waals surface area contributed by atoms with Crippen LogP contribution in [0.2, 0.25) is 0 Å². The number of fused-ring (bicyclic) bond motifs is 1. The molecule has 1 amide bonds. The number of hydrogen-bond donors (Lipinski definition) is 0. The van der Waals surface area contributed by atoms with Crippen molar-refractivity contribution in [2.75, 3.05) is 18.1 Å². The van der Waals surface area contributed by atoms with E-state index in [4.69, 9.17) is 4.74 Å². The van der Waals surface area contributed by atoms with Gasteiger partial charge in [-0.2, -0.15) is 0 Å². The minimum Gasteiger partial charge on any atom is -0.490 e. The maximum absolute atomic E-state index is 12.3. The number of ether oxygens (including phenoxy) is 1. The molecule has 3 heteroatoms. The van der Waals surface area contributed by atoms with Gasteiger partial charge in [-0.05, 0) is 12.1 Å². The van der Waals surface area contributed by atoms with Crippen molar-refractivity contribution in [3.63, 3.8) is 0 Å². The third-order valence-corrected chi connectivity index (χ3v) is 2.62. The van der Waals surface area contributed by atoms with Crippen molar-refractivity contribution in [2.45, 2.75) is 20.8 Å². The molecule has 0 atom stereocenters. The molecule has 0 aliphatic carbocycles. The molecule has 0 saturated carbocycles. The predicted octanol–water partition coefficient (Wildman–Crippen LogP) is 2.46. The van der Waals surface area contributed by atoms with Crippen LogP contribution in [0.15, 0.2) is 24.3 Å². The van der Waals surface area contributed by atoms with Gasteiger partial charge in [0.15, 0.2) is 0 Å². The van der Waals surface area contributed by atoms with E-state index < -0.39 is 0 Å². The lowest BCUT2D eigenvalue weighted by molar-refractivity contribution is -0.126. The first-order chi connectivity index (χ1) is 7.50. The molecule has 1 aromatic rings. The lowest BCUT2D eigenvalue weighted by atomic mass is 9.94. The van der Waals surface area contributed by atoms with Gasteiger partial charge in [0.2, 0.25) is 5.91 Å². The van der Waals surface area contributed by atoms with Crippen LogP contribution in [0, 0.1) is 5.41 Å². The number of carbonyl (C=O) groups is 1. The third-order valence-electron chi connectivity index (χ3n) is 2.62. The molecule has 86 valence electrons. The minimum atomic E-state index is -0.357. The van der Waals surface area contributed by atoms with E-state index in [1.807, 2.05) is 49.9 Å². The number of carbonyl (C=O) groups excluding carboxylic acids is 1. The lowest BCUT2D eigenvalue weighted by Gasteiger charge is -2.33. The summed E-state index contributed by atoms with van der Waals surface area (Å²) in [5.74, 6) is 0.939. The number of nitrogens with zero attached hydrogens (tertiary/aromatic N) is 1. The molecule has 0 spiro atoms. The van der Waals surface area contributed by atoms with Crippen molar-refractivity contribution in [2.24, 2.45) is 5.41 Å². The van der Waals surface area contributed by atoms with Gasteiger partial charge in [0.1, 0.15) is 12.4 Å². The molecule has 0 bridgehead atoms. The van der Waals surface area contributed by atoms with Crippen LogP contribution >= 0.6 is 0 Å². The molecule has 1 heterocycles. The van der Waals surface area contributed by atoms with Crippen molar-refractivity contribution in [3.8, 4) is 5.75 Å². The van der Waals surface area contributed by atoms with E-state index in [0.717, 1.165) is 11.4 Å². The Hall–Kier alpha value is -1.51. The monoisotopic (exact) mass is 219 g/mol. The van der Waals surface area contributed by atoms with Crippen LogP contribution in [0.25, 0.3) is 0 Å². The minimum absolute atomic E-state index is 0.142. The average molecular weight is 219 g/mol. The Morgan fingerprint density at radius 3 is 2.69 bits per heavy atom. The molecular formula is C13H17NO2. The van der Waals surface area contributed by atoms with Gasteiger partial charge in [-0.25, -0.2) is 0 Å². The number of amides is 1. The van der Waals surface area contributed by atoms with E-state index in [1.54, 1.807) is 0 Å². The highest BCUT2D eigenvalue weighted by Gasteiger charge is 2.31. The summed E-state index contributed by atoms with van der Waals surface area (Å²) in [6.07, 6.45) is 0. The maximum Gasteiger partial charge on any atom is 0.232 e. The van der Waals surface area contributed by atoms with Crippen molar-refractivity contribution < 1.29 is 9.53 Å². The maximum atomic E-state index is 12.3. The second-order valence-corrected chi connectivity index (χ2v) is 5.02. The summed E-state index contributed by atoms with van der Waals surface area (Å²) in [5, 5.41) is 0. The average Bonchev–Trinajstić information content (AvgIpc) is 2.26. The zero-order chi connectivity index (χ0) is 11.8. The molecule has 0 unspecified atom stereocenters. The summed E-state index contributed by atoms with van der Waals surface area (Å²) in [7, 11) is 0. The molecule has 0 aromatic heterocycles. The standard InChI is InChI=1S/C13H17NO2/c1-13(2,3)12(15)14-8-9-16-11-7-5-4-6-10(11)14/h4-7H,8-9H2,1-3H3. The summed E-state index contributed by atoms with van der Waals surface area (Å²) in [5.41, 5.74) is 0.526. The number of para-hydroxylation sites is 2. The van der Waals surface area contributed by atoms with Crippen LogP contribution < -0.4 is 9.64 Å². The van der Waals surface area contributed by atoms with Gasteiger partial charge in [0, 0.05) is 5.41 Å². The Morgan fingerprint density at radius 2 is 2.00 bits per heavy atom. The van der Waals surface area contributed by atoms with E-state index in [0.29, 0.717) is 13.2 Å². The van der Waals surface area contributed by atoms with E-state index >= 15 is 0 Å². The molecular weight excluding hydrogens is 202 g/mol. The smallest absolute Gasteiger partial charge is 0.232 e. The van der Waals surface area contributed by atoms with E-state index in [2.05, 4.69) is 0 Å². The Bertz CT molecular complexity index is 407. The largest absolute Gasteiger partial charge is 0.490 e. The van der Waals surface area contributed by atoms with Crippen molar-refractivity contribution >= 4 is 11.6 Å². The Labute approximate surface area is 96.0 Å². The van der Waals surface area contributed by atoms with E-state index in [9.17, 15) is 4.79 Å². The molecule has 3 nitrogen and oxygen atoms in total. The van der Waals surface area contributed by atoms with Crippen LogP contribution in [-0.2, 0) is 4.79 Å². The molecule has 1 aliphatic rings. The summed E-state index contributed by atoms with van der Waals surface area (Å²) >= 11 is 0. The molecule has 0 saturated heterocycles. The molecule has 2 rings (SSSR count). The fraction of sp³-hybridized carbons (Fsp3) is 0.462. The Balaban J connectivity index is 2.36. The van der Waals surface area contributed by atoms with Crippen LogP contribution in [0.1, 0.15) is 20.8 Å². The number of anilines is 1. The second-order valence-electron chi connectivity index (χ2n) is 5.02. The highest BCUT2D eigenvalue weighted by Crippen LogP contribution is 2.33. The van der Waals surface area contributed by atoms with Crippen molar-refractivity contribution in [1.82, 2.24) is 0 Å². The SMILES string of the molecule is CC(C)(C)C(=O)N1CCOc2ccccc21. The van der Waals surface area contributed by atoms with Gasteiger partial charge in [0.25, 0.3) is 0 Å². The zero-order valence-electron chi connectivity index (χ0n) is 9.99. The number of benzene rings is 1. The van der Waals surface area contributed by atoms with Crippen molar-refractivity contribution in [1.29, 1.82) is 0 Å². The normalized spacial score (nSPS) is 15.3. The molecule has 0 radical (unpaired) electrons.